The van der Waals surface area contributed by atoms with Crippen LogP contribution < -0.4 is 0 Å². The lowest BCUT2D eigenvalue weighted by Crippen LogP contribution is -2.03. The van der Waals surface area contributed by atoms with Crippen LogP contribution in [0.25, 0.3) is 0 Å². The molecule has 3 heteroatoms. The Bertz CT molecular complexity index is 530. The molecule has 0 saturated carbocycles. The highest BCUT2D eigenvalue weighted by Gasteiger charge is 2.10. The van der Waals surface area contributed by atoms with Gasteiger partial charge in [0.2, 0.25) is 0 Å². The highest BCUT2D eigenvalue weighted by atomic mass is 16.3. The molecule has 3 nitrogen and oxygen atoms in total. The molecule has 2 N–H and O–H groups in total. The molecule has 0 amide bonds. The summed E-state index contributed by atoms with van der Waals surface area (Å²) in [6.45, 7) is 4.00. The maximum absolute atomic E-state index is 11.9. The van der Waals surface area contributed by atoms with Crippen LogP contribution in [0.2, 0.25) is 0 Å². The molecule has 0 aromatic heterocycles. The van der Waals surface area contributed by atoms with Gasteiger partial charge in [0.25, 0.3) is 0 Å². The summed E-state index contributed by atoms with van der Waals surface area (Å²) in [6.07, 6.45) is 0.206. The fourth-order valence-electron chi connectivity index (χ4n) is 1.60. The van der Waals surface area contributed by atoms with Gasteiger partial charge in [0.1, 0.15) is 11.5 Å². The minimum atomic E-state index is -0.145. The van der Waals surface area contributed by atoms with Gasteiger partial charge >= 0.3 is 0 Å². The van der Waals surface area contributed by atoms with E-state index in [-0.39, 0.29) is 23.7 Å². The number of rotatable bonds is 3. The fourth-order valence-corrected chi connectivity index (χ4v) is 1.60. The Morgan fingerprint density at radius 2 is 1.53 bits per heavy atom. The Kier molecular flexibility index (Phi) is 5.61. The van der Waals surface area contributed by atoms with Crippen LogP contribution in [0.4, 0.5) is 0 Å². The monoisotopic (exact) mass is 258 g/mol. The van der Waals surface area contributed by atoms with Gasteiger partial charge < -0.3 is 10.2 Å². The molecule has 19 heavy (non-hydrogen) atoms. The predicted molar refractivity (Wildman–Crippen MR) is 75.6 cm³/mol. The third kappa shape index (κ3) is 4.14. The first-order chi connectivity index (χ1) is 9.16. The molecule has 0 aliphatic rings. The molecule has 0 spiro atoms. The zero-order valence-electron chi connectivity index (χ0n) is 11.1. The summed E-state index contributed by atoms with van der Waals surface area (Å²) < 4.78 is 0. The Hall–Kier alpha value is -2.29. The van der Waals surface area contributed by atoms with E-state index in [1.54, 1.807) is 30.3 Å². The molecule has 0 heterocycles. The van der Waals surface area contributed by atoms with Crippen molar-refractivity contribution >= 4 is 5.78 Å². The minimum Gasteiger partial charge on any atom is -0.508 e. The van der Waals surface area contributed by atoms with Gasteiger partial charge in [0.05, 0.1) is 5.56 Å². The van der Waals surface area contributed by atoms with E-state index in [0.717, 1.165) is 5.56 Å². The maximum Gasteiger partial charge on any atom is 0.170 e. The molecular formula is C16H18O3. The third-order valence-corrected chi connectivity index (χ3v) is 2.51. The summed E-state index contributed by atoms with van der Waals surface area (Å²) >= 11 is 0. The summed E-state index contributed by atoms with van der Waals surface area (Å²) in [5.74, 6) is 0.0221. The van der Waals surface area contributed by atoms with Gasteiger partial charge in [-0.1, -0.05) is 38.1 Å². The van der Waals surface area contributed by atoms with Crippen LogP contribution in [0.15, 0.2) is 48.5 Å². The van der Waals surface area contributed by atoms with E-state index in [9.17, 15) is 9.90 Å². The van der Waals surface area contributed by atoms with Crippen LogP contribution in [-0.4, -0.2) is 16.0 Å². The average Bonchev–Trinajstić information content (AvgIpc) is 2.44. The van der Waals surface area contributed by atoms with Crippen LogP contribution in [0.5, 0.6) is 11.5 Å². The molecular weight excluding hydrogens is 240 g/mol. The van der Waals surface area contributed by atoms with Crippen LogP contribution in [0, 0.1) is 0 Å². The minimum absolute atomic E-state index is 0.00345. The van der Waals surface area contributed by atoms with Gasteiger partial charge in [-0.05, 0) is 29.8 Å². The first-order valence-corrected chi connectivity index (χ1v) is 6.26. The number of ketones is 1. The molecule has 0 aliphatic heterocycles. The number of carbonyl (C=O) groups excluding carboxylic acids is 1. The summed E-state index contributed by atoms with van der Waals surface area (Å²) in [7, 11) is 0. The van der Waals surface area contributed by atoms with Crippen molar-refractivity contribution in [2.45, 2.75) is 20.3 Å². The van der Waals surface area contributed by atoms with Crippen LogP contribution in [-0.2, 0) is 6.42 Å². The van der Waals surface area contributed by atoms with Crippen molar-refractivity contribution in [3.05, 3.63) is 59.7 Å². The first-order valence-electron chi connectivity index (χ1n) is 6.26. The normalized spacial score (nSPS) is 9.37. The highest BCUT2D eigenvalue weighted by Crippen LogP contribution is 2.18. The number of carbonyl (C=O) groups is 1. The van der Waals surface area contributed by atoms with E-state index >= 15 is 0 Å². The van der Waals surface area contributed by atoms with Crippen molar-refractivity contribution in [1.82, 2.24) is 0 Å². The zero-order chi connectivity index (χ0) is 14.3. The van der Waals surface area contributed by atoms with Gasteiger partial charge in [-0.15, -0.1) is 0 Å². The van der Waals surface area contributed by atoms with Gasteiger partial charge in [-0.3, -0.25) is 4.79 Å². The number of para-hydroxylation sites is 1. The van der Waals surface area contributed by atoms with Crippen molar-refractivity contribution in [1.29, 1.82) is 0 Å². The van der Waals surface area contributed by atoms with E-state index in [0.29, 0.717) is 5.56 Å². The smallest absolute Gasteiger partial charge is 0.170 e. The van der Waals surface area contributed by atoms with E-state index < -0.39 is 0 Å². The second-order valence-electron chi connectivity index (χ2n) is 3.78. The molecule has 0 bridgehead atoms. The summed E-state index contributed by atoms with van der Waals surface area (Å²) in [5, 5.41) is 18.7. The Morgan fingerprint density at radius 1 is 0.947 bits per heavy atom. The number of phenols is 2. The standard InChI is InChI=1S/C14H12O3.C2H6/c15-11-7-5-10(6-8-11)9-14(17)12-3-1-2-4-13(12)16;1-2/h1-8,15-16H,9H2;1-2H3. The topological polar surface area (TPSA) is 57.5 Å². The number of hydrogen-bond donors (Lipinski definition) is 2. The van der Waals surface area contributed by atoms with Gasteiger partial charge in [-0.25, -0.2) is 0 Å². The van der Waals surface area contributed by atoms with E-state index in [4.69, 9.17) is 5.11 Å². The van der Waals surface area contributed by atoms with Crippen LogP contribution in [0.1, 0.15) is 29.8 Å². The van der Waals surface area contributed by atoms with Crippen molar-refractivity contribution < 1.29 is 15.0 Å². The molecule has 0 fully saturated rings. The van der Waals surface area contributed by atoms with Gasteiger partial charge in [0.15, 0.2) is 5.78 Å². The molecule has 0 radical (unpaired) electrons. The van der Waals surface area contributed by atoms with Gasteiger partial charge in [0, 0.05) is 6.42 Å². The first kappa shape index (κ1) is 14.8. The Labute approximate surface area is 113 Å². The molecule has 2 aromatic carbocycles. The lowest BCUT2D eigenvalue weighted by atomic mass is 10.0. The molecule has 0 unspecified atom stereocenters. The van der Waals surface area contributed by atoms with Gasteiger partial charge in [-0.2, -0.15) is 0 Å². The Balaban J connectivity index is 0.000000861. The van der Waals surface area contributed by atoms with Crippen molar-refractivity contribution in [3.63, 3.8) is 0 Å². The summed E-state index contributed by atoms with van der Waals surface area (Å²) in [5.41, 5.74) is 1.12. The predicted octanol–water partition coefficient (Wildman–Crippen LogP) is 3.55. The number of hydrogen-bond acceptors (Lipinski definition) is 3. The maximum atomic E-state index is 11.9. The summed E-state index contributed by atoms with van der Waals surface area (Å²) in [6, 6.07) is 12.9. The number of benzene rings is 2. The quantitative estimate of drug-likeness (QED) is 0.828. The average molecular weight is 258 g/mol. The summed E-state index contributed by atoms with van der Waals surface area (Å²) in [4.78, 5) is 11.9. The highest BCUT2D eigenvalue weighted by molar-refractivity contribution is 5.99. The lowest BCUT2D eigenvalue weighted by molar-refractivity contribution is 0.0990. The lowest BCUT2D eigenvalue weighted by Gasteiger charge is -2.03. The number of phenolic OH excluding ortho intramolecular Hbond substituents is 2. The molecule has 2 rings (SSSR count). The SMILES string of the molecule is CC.O=C(Cc1ccc(O)cc1)c1ccccc1O. The number of aromatic hydroxyl groups is 2. The zero-order valence-corrected chi connectivity index (χ0v) is 11.1. The molecule has 0 saturated heterocycles. The van der Waals surface area contributed by atoms with E-state index in [1.807, 2.05) is 13.8 Å². The van der Waals surface area contributed by atoms with E-state index in [2.05, 4.69) is 0 Å². The van der Waals surface area contributed by atoms with Crippen molar-refractivity contribution in [3.8, 4) is 11.5 Å². The molecule has 2 aromatic rings. The second-order valence-corrected chi connectivity index (χ2v) is 3.78. The van der Waals surface area contributed by atoms with Crippen molar-refractivity contribution in [2.75, 3.05) is 0 Å². The molecule has 100 valence electrons. The van der Waals surface area contributed by atoms with Crippen molar-refractivity contribution in [2.24, 2.45) is 0 Å². The van der Waals surface area contributed by atoms with Crippen LogP contribution in [0.3, 0.4) is 0 Å². The Morgan fingerprint density at radius 3 is 2.11 bits per heavy atom. The largest absolute Gasteiger partial charge is 0.508 e. The second kappa shape index (κ2) is 7.21. The number of Topliss-reactive ketones (excluding diaryl/α,β-unsaturated/α-hetero) is 1. The third-order valence-electron chi connectivity index (χ3n) is 2.51. The fraction of sp³-hybridized carbons (Fsp3) is 0.188. The van der Waals surface area contributed by atoms with Crippen LogP contribution >= 0.6 is 0 Å². The molecule has 0 aliphatic carbocycles. The van der Waals surface area contributed by atoms with E-state index in [1.165, 1.54) is 18.2 Å². The molecule has 0 atom stereocenters.